The van der Waals surface area contributed by atoms with Gasteiger partial charge in [0.1, 0.15) is 12.4 Å². The molecule has 4 rings (SSSR count). The van der Waals surface area contributed by atoms with Crippen molar-refractivity contribution in [2.75, 3.05) is 26.4 Å². The number of hydrogen-bond donors (Lipinski definition) is 1. The van der Waals surface area contributed by atoms with Crippen LogP contribution in [0.3, 0.4) is 0 Å². The molecular weight excluding hydrogens is 318 g/mol. The second kappa shape index (κ2) is 7.14. The first-order chi connectivity index (χ1) is 12.2. The van der Waals surface area contributed by atoms with Gasteiger partial charge in [-0.05, 0) is 50.3 Å². The zero-order valence-corrected chi connectivity index (χ0v) is 14.7. The minimum absolute atomic E-state index is 0.0199. The van der Waals surface area contributed by atoms with E-state index in [1.807, 2.05) is 11.0 Å². The summed E-state index contributed by atoms with van der Waals surface area (Å²) in [6.45, 7) is 4.27. The van der Waals surface area contributed by atoms with Crippen LogP contribution in [0, 0.1) is 6.92 Å². The van der Waals surface area contributed by atoms with Crippen LogP contribution in [0.15, 0.2) is 18.2 Å². The molecule has 2 aromatic rings. The number of benzene rings is 1. The molecule has 0 aliphatic carbocycles. The zero-order valence-electron chi connectivity index (χ0n) is 14.7. The molecule has 0 radical (unpaired) electrons. The lowest BCUT2D eigenvalue weighted by molar-refractivity contribution is -0.138. The maximum atomic E-state index is 12.6. The van der Waals surface area contributed by atoms with Gasteiger partial charge in [-0.2, -0.15) is 0 Å². The Kier molecular flexibility index (Phi) is 4.72. The lowest BCUT2D eigenvalue weighted by Gasteiger charge is -2.23. The fourth-order valence-electron chi connectivity index (χ4n) is 3.79. The van der Waals surface area contributed by atoms with Crippen molar-refractivity contribution >= 4 is 16.9 Å². The van der Waals surface area contributed by atoms with Crippen LogP contribution in [0.4, 0.5) is 0 Å². The van der Waals surface area contributed by atoms with Crippen molar-refractivity contribution in [2.45, 2.75) is 44.8 Å². The average Bonchev–Trinajstić information content (AvgIpc) is 3.33. The maximum Gasteiger partial charge on any atom is 0.249 e. The Morgan fingerprint density at radius 3 is 3.16 bits per heavy atom. The predicted octanol–water partition coefficient (Wildman–Crippen LogP) is 2.73. The highest BCUT2D eigenvalue weighted by atomic mass is 16.5. The number of aromatic amines is 1. The molecule has 3 heterocycles. The summed E-state index contributed by atoms with van der Waals surface area (Å²) in [6, 6.07) is 6.20. The SMILES string of the molecule is Cc1ccc2nc(C3CCCN3C(=O)COCC3CCCO3)[nH]c2c1. The Morgan fingerprint density at radius 1 is 1.40 bits per heavy atom. The number of carbonyl (C=O) groups excluding carboxylic acids is 1. The number of hydrogen-bond acceptors (Lipinski definition) is 4. The minimum atomic E-state index is 0.0199. The Bertz CT molecular complexity index is 751. The van der Waals surface area contributed by atoms with Crippen molar-refractivity contribution in [3.63, 3.8) is 0 Å². The van der Waals surface area contributed by atoms with Gasteiger partial charge in [0.2, 0.25) is 5.91 Å². The maximum absolute atomic E-state index is 12.6. The van der Waals surface area contributed by atoms with Crippen LogP contribution in [0.2, 0.25) is 0 Å². The highest BCUT2D eigenvalue weighted by Gasteiger charge is 2.32. The smallest absolute Gasteiger partial charge is 0.249 e. The summed E-state index contributed by atoms with van der Waals surface area (Å²) in [7, 11) is 0. The van der Waals surface area contributed by atoms with Crippen molar-refractivity contribution in [2.24, 2.45) is 0 Å². The molecule has 134 valence electrons. The van der Waals surface area contributed by atoms with Gasteiger partial charge in [0, 0.05) is 13.2 Å². The van der Waals surface area contributed by atoms with Crippen molar-refractivity contribution in [1.82, 2.24) is 14.9 Å². The molecule has 2 atom stereocenters. The molecule has 6 heteroatoms. The average molecular weight is 343 g/mol. The third-order valence-electron chi connectivity index (χ3n) is 5.10. The molecule has 1 aromatic heterocycles. The van der Waals surface area contributed by atoms with Crippen molar-refractivity contribution < 1.29 is 14.3 Å². The van der Waals surface area contributed by atoms with Gasteiger partial charge in [-0.15, -0.1) is 0 Å². The first kappa shape index (κ1) is 16.5. The van der Waals surface area contributed by atoms with Crippen molar-refractivity contribution in [3.8, 4) is 0 Å². The number of aryl methyl sites for hydroxylation is 1. The third-order valence-corrected chi connectivity index (χ3v) is 5.10. The van der Waals surface area contributed by atoms with Gasteiger partial charge in [0.15, 0.2) is 0 Å². The standard InChI is InChI=1S/C19H25N3O3/c1-13-6-7-15-16(10-13)21-19(20-15)17-5-2-8-22(17)18(23)12-24-11-14-4-3-9-25-14/h6-7,10,14,17H,2-5,8-9,11-12H2,1H3,(H,20,21). The summed E-state index contributed by atoms with van der Waals surface area (Å²) in [4.78, 5) is 22.6. The molecule has 2 saturated heterocycles. The number of H-pyrrole nitrogens is 1. The molecule has 0 spiro atoms. The Labute approximate surface area is 147 Å². The van der Waals surface area contributed by atoms with E-state index in [-0.39, 0.29) is 24.7 Å². The number of fused-ring (bicyclic) bond motifs is 1. The highest BCUT2D eigenvalue weighted by molar-refractivity contribution is 5.79. The quantitative estimate of drug-likeness (QED) is 0.906. The van der Waals surface area contributed by atoms with E-state index in [0.29, 0.717) is 6.61 Å². The Hall–Kier alpha value is -1.92. The molecule has 1 amide bonds. The highest BCUT2D eigenvalue weighted by Crippen LogP contribution is 2.31. The minimum Gasteiger partial charge on any atom is -0.376 e. The van der Waals surface area contributed by atoms with Crippen LogP contribution in [0.1, 0.15) is 43.1 Å². The van der Waals surface area contributed by atoms with Gasteiger partial charge in [-0.25, -0.2) is 4.98 Å². The van der Waals surface area contributed by atoms with Crippen LogP contribution in [0.25, 0.3) is 11.0 Å². The normalized spacial score (nSPS) is 23.6. The van der Waals surface area contributed by atoms with E-state index >= 15 is 0 Å². The van der Waals surface area contributed by atoms with Crippen LogP contribution >= 0.6 is 0 Å². The van der Waals surface area contributed by atoms with Crippen molar-refractivity contribution in [3.05, 3.63) is 29.6 Å². The summed E-state index contributed by atoms with van der Waals surface area (Å²) in [6.07, 6.45) is 4.20. The molecule has 1 aromatic carbocycles. The number of amides is 1. The number of nitrogens with zero attached hydrogens (tertiary/aromatic N) is 2. The van der Waals surface area contributed by atoms with Gasteiger partial charge >= 0.3 is 0 Å². The van der Waals surface area contributed by atoms with E-state index in [9.17, 15) is 4.79 Å². The number of rotatable bonds is 5. The van der Waals surface area contributed by atoms with E-state index in [0.717, 1.165) is 55.7 Å². The monoisotopic (exact) mass is 343 g/mol. The van der Waals surface area contributed by atoms with Gasteiger partial charge in [0.05, 0.1) is 29.8 Å². The summed E-state index contributed by atoms with van der Waals surface area (Å²) in [5.41, 5.74) is 3.18. The van der Waals surface area contributed by atoms with Crippen LogP contribution in [-0.2, 0) is 14.3 Å². The fourth-order valence-corrected chi connectivity index (χ4v) is 3.79. The van der Waals surface area contributed by atoms with Gasteiger partial charge in [0.25, 0.3) is 0 Å². The molecule has 2 fully saturated rings. The number of nitrogens with one attached hydrogen (secondary N) is 1. The fraction of sp³-hybridized carbons (Fsp3) is 0.579. The Morgan fingerprint density at radius 2 is 2.32 bits per heavy atom. The summed E-state index contributed by atoms with van der Waals surface area (Å²) < 4.78 is 11.1. The first-order valence-corrected chi connectivity index (χ1v) is 9.16. The van der Waals surface area contributed by atoms with E-state index in [1.54, 1.807) is 0 Å². The molecule has 0 bridgehead atoms. The molecule has 6 nitrogen and oxygen atoms in total. The summed E-state index contributed by atoms with van der Waals surface area (Å²) >= 11 is 0. The van der Waals surface area contributed by atoms with Crippen LogP contribution < -0.4 is 0 Å². The largest absolute Gasteiger partial charge is 0.376 e. The van der Waals surface area contributed by atoms with E-state index in [4.69, 9.17) is 14.5 Å². The lowest BCUT2D eigenvalue weighted by Crippen LogP contribution is -2.34. The molecule has 2 aliphatic rings. The topological polar surface area (TPSA) is 67.5 Å². The van der Waals surface area contributed by atoms with Crippen LogP contribution in [-0.4, -0.2) is 53.2 Å². The molecule has 2 unspecified atom stereocenters. The Balaban J connectivity index is 1.40. The van der Waals surface area contributed by atoms with Crippen LogP contribution in [0.5, 0.6) is 0 Å². The zero-order chi connectivity index (χ0) is 17.2. The summed E-state index contributed by atoms with van der Waals surface area (Å²) in [5.74, 6) is 0.919. The third kappa shape index (κ3) is 3.55. The van der Waals surface area contributed by atoms with E-state index in [2.05, 4.69) is 24.0 Å². The first-order valence-electron chi connectivity index (χ1n) is 9.16. The number of aromatic nitrogens is 2. The molecule has 0 saturated carbocycles. The second-order valence-corrected chi connectivity index (χ2v) is 7.04. The van der Waals surface area contributed by atoms with Gasteiger partial charge in [-0.1, -0.05) is 6.07 Å². The second-order valence-electron chi connectivity index (χ2n) is 7.04. The number of likely N-dealkylation sites (tertiary alicyclic amines) is 1. The van der Waals surface area contributed by atoms with Crippen molar-refractivity contribution in [1.29, 1.82) is 0 Å². The molecule has 2 aliphatic heterocycles. The van der Waals surface area contributed by atoms with Gasteiger partial charge < -0.3 is 19.4 Å². The lowest BCUT2D eigenvalue weighted by atomic mass is 10.2. The number of imidazole rings is 1. The predicted molar refractivity (Wildman–Crippen MR) is 94.3 cm³/mol. The number of ether oxygens (including phenoxy) is 2. The van der Waals surface area contributed by atoms with Gasteiger partial charge in [-0.3, -0.25) is 4.79 Å². The van der Waals surface area contributed by atoms with E-state index < -0.39 is 0 Å². The molecule has 25 heavy (non-hydrogen) atoms. The summed E-state index contributed by atoms with van der Waals surface area (Å²) in [5, 5.41) is 0. The van der Waals surface area contributed by atoms with E-state index in [1.165, 1.54) is 5.56 Å². The number of carbonyl (C=O) groups is 1. The molecule has 1 N–H and O–H groups in total. The molecular formula is C19H25N3O3.